The van der Waals surface area contributed by atoms with Crippen molar-refractivity contribution in [2.45, 2.75) is 6.61 Å². The maximum absolute atomic E-state index is 11.6. The number of hydrogen-bond donors (Lipinski definition) is 0. The van der Waals surface area contributed by atoms with Crippen LogP contribution in [0, 0.1) is 0 Å². The first-order chi connectivity index (χ1) is 10.2. The highest BCUT2D eigenvalue weighted by atomic mass is 35.5. The van der Waals surface area contributed by atoms with Crippen LogP contribution in [0.2, 0.25) is 5.02 Å². The lowest BCUT2D eigenvalue weighted by Gasteiger charge is -2.08. The van der Waals surface area contributed by atoms with Crippen LogP contribution in [0.25, 0.3) is 0 Å². The fourth-order valence-corrected chi connectivity index (χ4v) is 1.76. The lowest BCUT2D eigenvalue weighted by atomic mass is 10.2. The van der Waals surface area contributed by atoms with Crippen molar-refractivity contribution < 1.29 is 19.1 Å². The molecule has 0 unspecified atom stereocenters. The van der Waals surface area contributed by atoms with E-state index in [1.54, 1.807) is 48.5 Å². The number of aldehydes is 1. The van der Waals surface area contributed by atoms with E-state index in [2.05, 4.69) is 0 Å². The molecule has 0 aliphatic heterocycles. The van der Waals surface area contributed by atoms with Crippen LogP contribution in [-0.4, -0.2) is 18.9 Å². The topological polar surface area (TPSA) is 52.6 Å². The third-order valence-electron chi connectivity index (χ3n) is 2.70. The first-order valence-corrected chi connectivity index (χ1v) is 6.64. The van der Waals surface area contributed by atoms with E-state index in [0.29, 0.717) is 22.6 Å². The minimum atomic E-state index is -0.509. The number of rotatable bonds is 6. The molecule has 4 nitrogen and oxygen atoms in total. The van der Waals surface area contributed by atoms with Crippen LogP contribution in [0.4, 0.5) is 0 Å². The summed E-state index contributed by atoms with van der Waals surface area (Å²) in [5, 5.41) is 0.624. The average Bonchev–Trinajstić information content (AvgIpc) is 2.52. The van der Waals surface area contributed by atoms with Crippen molar-refractivity contribution in [1.82, 2.24) is 0 Å². The first-order valence-electron chi connectivity index (χ1n) is 6.26. The highest BCUT2D eigenvalue weighted by Crippen LogP contribution is 2.15. The molecule has 2 aromatic rings. The second-order valence-electron chi connectivity index (χ2n) is 4.23. The van der Waals surface area contributed by atoms with Gasteiger partial charge in [0.25, 0.3) is 0 Å². The molecule has 5 heteroatoms. The van der Waals surface area contributed by atoms with E-state index in [9.17, 15) is 9.59 Å². The van der Waals surface area contributed by atoms with Crippen molar-refractivity contribution in [1.29, 1.82) is 0 Å². The van der Waals surface area contributed by atoms with Gasteiger partial charge in [-0.05, 0) is 29.8 Å². The SMILES string of the molecule is O=Cc1ccccc1OCC(=O)OCc1ccc(Cl)cc1. The van der Waals surface area contributed by atoms with E-state index in [-0.39, 0.29) is 13.2 Å². The van der Waals surface area contributed by atoms with Gasteiger partial charge in [-0.15, -0.1) is 0 Å². The summed E-state index contributed by atoms with van der Waals surface area (Å²) < 4.78 is 10.3. The predicted molar refractivity (Wildman–Crippen MR) is 78.6 cm³/mol. The van der Waals surface area contributed by atoms with Gasteiger partial charge in [0, 0.05) is 5.02 Å². The third kappa shape index (κ3) is 4.61. The summed E-state index contributed by atoms with van der Waals surface area (Å²) in [6, 6.07) is 13.7. The molecular weight excluding hydrogens is 292 g/mol. The minimum Gasteiger partial charge on any atom is -0.481 e. The molecule has 0 amide bonds. The van der Waals surface area contributed by atoms with Crippen LogP contribution >= 0.6 is 11.6 Å². The Labute approximate surface area is 127 Å². The molecule has 2 rings (SSSR count). The van der Waals surface area contributed by atoms with E-state index >= 15 is 0 Å². The van der Waals surface area contributed by atoms with Crippen LogP contribution in [0.1, 0.15) is 15.9 Å². The van der Waals surface area contributed by atoms with Gasteiger partial charge < -0.3 is 9.47 Å². The Hall–Kier alpha value is -2.33. The Morgan fingerprint density at radius 3 is 2.52 bits per heavy atom. The van der Waals surface area contributed by atoms with Gasteiger partial charge in [0.2, 0.25) is 0 Å². The molecular formula is C16H13ClO4. The number of hydrogen-bond acceptors (Lipinski definition) is 4. The third-order valence-corrected chi connectivity index (χ3v) is 2.96. The van der Waals surface area contributed by atoms with Crippen LogP contribution in [0.5, 0.6) is 5.75 Å². The number of ether oxygens (including phenoxy) is 2. The zero-order valence-corrected chi connectivity index (χ0v) is 11.9. The fraction of sp³-hybridized carbons (Fsp3) is 0.125. The summed E-state index contributed by atoms with van der Waals surface area (Å²) >= 11 is 5.76. The van der Waals surface area contributed by atoms with E-state index < -0.39 is 5.97 Å². The Morgan fingerprint density at radius 1 is 1.10 bits per heavy atom. The molecule has 0 fully saturated rings. The minimum absolute atomic E-state index is 0.148. The van der Waals surface area contributed by atoms with E-state index in [1.807, 2.05) is 0 Å². The average molecular weight is 305 g/mol. The van der Waals surface area contributed by atoms with Gasteiger partial charge in [0.15, 0.2) is 12.9 Å². The van der Waals surface area contributed by atoms with E-state index in [0.717, 1.165) is 5.56 Å². The summed E-state index contributed by atoms with van der Waals surface area (Å²) in [6.07, 6.45) is 0.675. The molecule has 0 aromatic heterocycles. The monoisotopic (exact) mass is 304 g/mol. The summed E-state index contributed by atoms with van der Waals surface area (Å²) in [5.74, 6) is -0.151. The van der Waals surface area contributed by atoms with Gasteiger partial charge in [-0.2, -0.15) is 0 Å². The number of halogens is 1. The summed E-state index contributed by atoms with van der Waals surface area (Å²) in [6.45, 7) is -0.104. The smallest absolute Gasteiger partial charge is 0.344 e. The molecule has 21 heavy (non-hydrogen) atoms. The molecule has 0 aliphatic rings. The molecule has 0 heterocycles. The quantitative estimate of drug-likeness (QED) is 0.607. The number of para-hydroxylation sites is 1. The molecule has 108 valence electrons. The van der Waals surface area contributed by atoms with Gasteiger partial charge in [-0.25, -0.2) is 4.79 Å². The van der Waals surface area contributed by atoms with Crippen LogP contribution in [0.3, 0.4) is 0 Å². The zero-order valence-electron chi connectivity index (χ0n) is 11.1. The number of esters is 1. The summed E-state index contributed by atoms with van der Waals surface area (Å²) in [4.78, 5) is 22.4. The molecule has 0 bridgehead atoms. The Kier molecular flexibility index (Phi) is 5.35. The molecule has 0 saturated carbocycles. The molecule has 2 aromatic carbocycles. The molecule has 0 aliphatic carbocycles. The van der Waals surface area contributed by atoms with E-state index in [1.165, 1.54) is 0 Å². The number of benzene rings is 2. The summed E-state index contributed by atoms with van der Waals surface area (Å²) in [5.41, 5.74) is 1.23. The maximum atomic E-state index is 11.6. The predicted octanol–water partition coefficient (Wildman–Crippen LogP) is 3.27. The molecule has 0 atom stereocenters. The van der Waals surface area contributed by atoms with Crippen molar-refractivity contribution in [3.05, 3.63) is 64.7 Å². The summed E-state index contributed by atoms with van der Waals surface area (Å²) in [7, 11) is 0. The van der Waals surface area contributed by atoms with Gasteiger partial charge >= 0.3 is 5.97 Å². The Morgan fingerprint density at radius 2 is 1.81 bits per heavy atom. The standard InChI is InChI=1S/C16H13ClO4/c17-14-7-5-12(6-8-14)10-21-16(19)11-20-15-4-2-1-3-13(15)9-18/h1-9H,10-11H2. The fourth-order valence-electron chi connectivity index (χ4n) is 1.63. The Balaban J connectivity index is 1.82. The van der Waals surface area contributed by atoms with Crippen molar-refractivity contribution in [2.75, 3.05) is 6.61 Å². The lowest BCUT2D eigenvalue weighted by molar-refractivity contribution is -0.147. The first kappa shape index (κ1) is 15.1. The lowest BCUT2D eigenvalue weighted by Crippen LogP contribution is -2.15. The second kappa shape index (κ2) is 7.45. The van der Waals surface area contributed by atoms with Crippen molar-refractivity contribution in [3.8, 4) is 5.75 Å². The normalized spacial score (nSPS) is 9.95. The van der Waals surface area contributed by atoms with E-state index in [4.69, 9.17) is 21.1 Å². The van der Waals surface area contributed by atoms with Gasteiger partial charge in [-0.3, -0.25) is 4.79 Å². The van der Waals surface area contributed by atoms with Gasteiger partial charge in [0.05, 0.1) is 5.56 Å². The van der Waals surface area contributed by atoms with Crippen LogP contribution < -0.4 is 4.74 Å². The van der Waals surface area contributed by atoms with Gasteiger partial charge in [0.1, 0.15) is 12.4 Å². The second-order valence-corrected chi connectivity index (χ2v) is 4.67. The largest absolute Gasteiger partial charge is 0.481 e. The number of carbonyl (C=O) groups is 2. The van der Waals surface area contributed by atoms with Gasteiger partial charge in [-0.1, -0.05) is 35.9 Å². The zero-order chi connectivity index (χ0) is 15.1. The molecule has 0 spiro atoms. The Bertz CT molecular complexity index is 622. The molecule has 0 saturated heterocycles. The highest BCUT2D eigenvalue weighted by Gasteiger charge is 2.07. The highest BCUT2D eigenvalue weighted by molar-refractivity contribution is 6.30. The maximum Gasteiger partial charge on any atom is 0.344 e. The molecule has 0 radical (unpaired) electrons. The van der Waals surface area contributed by atoms with Crippen molar-refractivity contribution >= 4 is 23.9 Å². The van der Waals surface area contributed by atoms with Crippen molar-refractivity contribution in [2.24, 2.45) is 0 Å². The molecule has 0 N–H and O–H groups in total. The van der Waals surface area contributed by atoms with Crippen LogP contribution in [-0.2, 0) is 16.1 Å². The van der Waals surface area contributed by atoms with Crippen molar-refractivity contribution in [3.63, 3.8) is 0 Å². The van der Waals surface area contributed by atoms with Crippen LogP contribution in [0.15, 0.2) is 48.5 Å². The number of carbonyl (C=O) groups excluding carboxylic acids is 2.